The second-order valence-corrected chi connectivity index (χ2v) is 5.01. The van der Waals surface area contributed by atoms with E-state index < -0.39 is 0 Å². The van der Waals surface area contributed by atoms with Crippen molar-refractivity contribution in [3.63, 3.8) is 0 Å². The van der Waals surface area contributed by atoms with Gasteiger partial charge in [-0.05, 0) is 43.7 Å². The number of benzene rings is 2. The highest BCUT2D eigenvalue weighted by Gasteiger charge is 2.15. The van der Waals surface area contributed by atoms with Gasteiger partial charge in [-0.1, -0.05) is 47.5 Å². The van der Waals surface area contributed by atoms with Gasteiger partial charge < -0.3 is 0 Å². The number of rotatable bonds is 3. The quantitative estimate of drug-likeness (QED) is 0.566. The van der Waals surface area contributed by atoms with Crippen LogP contribution in [0.3, 0.4) is 0 Å². The van der Waals surface area contributed by atoms with E-state index in [0.29, 0.717) is 10.6 Å². The van der Waals surface area contributed by atoms with Crippen LogP contribution in [-0.2, 0) is 0 Å². The predicted octanol–water partition coefficient (Wildman–Crippen LogP) is 5.02. The zero-order valence-corrected chi connectivity index (χ0v) is 11.7. The maximum atomic E-state index is 12.6. The van der Waals surface area contributed by atoms with Gasteiger partial charge in [-0.2, -0.15) is 0 Å². The van der Waals surface area contributed by atoms with E-state index in [0.717, 1.165) is 16.7 Å². The predicted molar refractivity (Wildman–Crippen MR) is 80.5 cm³/mol. The summed E-state index contributed by atoms with van der Waals surface area (Å²) in [5, 5.41) is 0.634. The summed E-state index contributed by atoms with van der Waals surface area (Å²) in [6.07, 6.45) is 0. The van der Waals surface area contributed by atoms with Crippen LogP contribution in [0.15, 0.2) is 60.2 Å². The minimum atomic E-state index is 0.0304. The summed E-state index contributed by atoms with van der Waals surface area (Å²) in [7, 11) is 0. The molecule has 1 nitrogen and oxygen atoms in total. The summed E-state index contributed by atoms with van der Waals surface area (Å²) in [5.74, 6) is 0.0304. The molecule has 0 aliphatic rings. The smallest absolute Gasteiger partial charge is 0.193 e. The Bertz CT molecular complexity index is 605. The maximum absolute atomic E-state index is 12.6. The first-order valence-electron chi connectivity index (χ1n) is 6.13. The molecule has 2 aromatic carbocycles. The molecule has 0 heterocycles. The number of hydrogen-bond acceptors (Lipinski definition) is 1. The third-order valence-electron chi connectivity index (χ3n) is 2.90. The van der Waals surface area contributed by atoms with Crippen molar-refractivity contribution in [2.45, 2.75) is 13.8 Å². The Morgan fingerprint density at radius 2 is 1.42 bits per heavy atom. The van der Waals surface area contributed by atoms with Crippen LogP contribution in [0.25, 0.3) is 5.57 Å². The lowest BCUT2D eigenvalue weighted by Gasteiger charge is -2.09. The van der Waals surface area contributed by atoms with Crippen LogP contribution >= 0.6 is 11.6 Å². The number of carbonyl (C=O) groups is 1. The van der Waals surface area contributed by atoms with Crippen molar-refractivity contribution < 1.29 is 4.79 Å². The molecule has 0 saturated carbocycles. The fraction of sp³-hybridized carbons (Fsp3) is 0.118. The molecule has 0 N–H and O–H groups in total. The van der Waals surface area contributed by atoms with Crippen LogP contribution in [0.2, 0.25) is 5.02 Å². The lowest BCUT2D eigenvalue weighted by Crippen LogP contribution is -2.04. The number of allylic oxidation sites excluding steroid dienone is 2. The van der Waals surface area contributed by atoms with Gasteiger partial charge in [0.2, 0.25) is 0 Å². The van der Waals surface area contributed by atoms with Gasteiger partial charge in [0.25, 0.3) is 0 Å². The summed E-state index contributed by atoms with van der Waals surface area (Å²) < 4.78 is 0. The van der Waals surface area contributed by atoms with Crippen molar-refractivity contribution >= 4 is 23.0 Å². The van der Waals surface area contributed by atoms with Gasteiger partial charge in [0.05, 0.1) is 0 Å². The number of carbonyl (C=O) groups excluding carboxylic acids is 1. The average molecular weight is 271 g/mol. The summed E-state index contributed by atoms with van der Waals surface area (Å²) in [4.78, 5) is 12.6. The van der Waals surface area contributed by atoms with Crippen molar-refractivity contribution in [3.05, 3.63) is 76.3 Å². The van der Waals surface area contributed by atoms with E-state index in [9.17, 15) is 4.79 Å². The monoisotopic (exact) mass is 270 g/mol. The molecule has 0 fully saturated rings. The lowest BCUT2D eigenvalue weighted by molar-refractivity contribution is 0.105. The molecule has 0 saturated heterocycles. The lowest BCUT2D eigenvalue weighted by atomic mass is 9.93. The average Bonchev–Trinajstić information content (AvgIpc) is 2.40. The number of ketones is 1. The summed E-state index contributed by atoms with van der Waals surface area (Å²) in [6.45, 7) is 3.91. The molecule has 0 aromatic heterocycles. The molecule has 96 valence electrons. The van der Waals surface area contributed by atoms with Gasteiger partial charge in [-0.15, -0.1) is 0 Å². The van der Waals surface area contributed by atoms with Crippen LogP contribution < -0.4 is 0 Å². The molecular weight excluding hydrogens is 256 g/mol. The van der Waals surface area contributed by atoms with Gasteiger partial charge in [0.15, 0.2) is 5.78 Å². The fourth-order valence-corrected chi connectivity index (χ4v) is 2.12. The van der Waals surface area contributed by atoms with Crippen LogP contribution in [0.4, 0.5) is 0 Å². The van der Waals surface area contributed by atoms with Crippen molar-refractivity contribution in [2.75, 3.05) is 0 Å². The van der Waals surface area contributed by atoms with Crippen molar-refractivity contribution in [1.29, 1.82) is 0 Å². The molecule has 0 aliphatic carbocycles. The molecule has 0 radical (unpaired) electrons. The summed E-state index contributed by atoms with van der Waals surface area (Å²) >= 11 is 5.85. The van der Waals surface area contributed by atoms with Gasteiger partial charge in [-0.3, -0.25) is 4.79 Å². The van der Waals surface area contributed by atoms with E-state index in [1.54, 1.807) is 24.3 Å². The second kappa shape index (κ2) is 5.85. The zero-order chi connectivity index (χ0) is 13.8. The van der Waals surface area contributed by atoms with E-state index in [4.69, 9.17) is 11.6 Å². The Morgan fingerprint density at radius 1 is 0.842 bits per heavy atom. The van der Waals surface area contributed by atoms with Gasteiger partial charge in [-0.25, -0.2) is 0 Å². The van der Waals surface area contributed by atoms with Gasteiger partial charge >= 0.3 is 0 Å². The highest BCUT2D eigenvalue weighted by atomic mass is 35.5. The zero-order valence-electron chi connectivity index (χ0n) is 11.0. The minimum absolute atomic E-state index is 0.0304. The van der Waals surface area contributed by atoms with Gasteiger partial charge in [0, 0.05) is 16.2 Å². The Balaban J connectivity index is 2.45. The molecular formula is C17H15ClO. The molecule has 0 atom stereocenters. The third kappa shape index (κ3) is 3.12. The van der Waals surface area contributed by atoms with E-state index in [1.165, 1.54) is 0 Å². The Labute approximate surface area is 118 Å². The molecule has 2 heteroatoms. The van der Waals surface area contributed by atoms with Crippen molar-refractivity contribution in [2.24, 2.45) is 0 Å². The minimum Gasteiger partial charge on any atom is -0.289 e. The van der Waals surface area contributed by atoms with E-state index in [1.807, 2.05) is 44.2 Å². The standard InChI is InChI=1S/C17H15ClO/c1-12(2)16(13-6-4-3-5-7-13)17(19)14-8-10-15(18)11-9-14/h3-11H,1-2H3. The first-order chi connectivity index (χ1) is 9.09. The summed E-state index contributed by atoms with van der Waals surface area (Å²) in [5.41, 5.74) is 3.36. The topological polar surface area (TPSA) is 17.1 Å². The highest BCUT2D eigenvalue weighted by Crippen LogP contribution is 2.24. The molecule has 0 amide bonds. The van der Waals surface area contributed by atoms with Crippen molar-refractivity contribution in [1.82, 2.24) is 0 Å². The second-order valence-electron chi connectivity index (χ2n) is 4.58. The fourth-order valence-electron chi connectivity index (χ4n) is 2.00. The normalized spacial score (nSPS) is 10.1. The Hall–Kier alpha value is -1.86. The van der Waals surface area contributed by atoms with Crippen molar-refractivity contribution in [3.8, 4) is 0 Å². The van der Waals surface area contributed by atoms with E-state index in [-0.39, 0.29) is 5.78 Å². The Kier molecular flexibility index (Phi) is 4.18. The van der Waals surface area contributed by atoms with E-state index in [2.05, 4.69) is 0 Å². The molecule has 0 bridgehead atoms. The Morgan fingerprint density at radius 3 is 1.95 bits per heavy atom. The highest BCUT2D eigenvalue weighted by molar-refractivity contribution is 6.32. The number of Topliss-reactive ketones (excluding diaryl/α,β-unsaturated/α-hetero) is 1. The van der Waals surface area contributed by atoms with E-state index >= 15 is 0 Å². The molecule has 19 heavy (non-hydrogen) atoms. The largest absolute Gasteiger partial charge is 0.289 e. The maximum Gasteiger partial charge on any atom is 0.193 e. The van der Waals surface area contributed by atoms with Crippen LogP contribution in [0.1, 0.15) is 29.8 Å². The number of hydrogen-bond donors (Lipinski definition) is 0. The molecule has 2 aromatic rings. The van der Waals surface area contributed by atoms with Crippen LogP contribution in [-0.4, -0.2) is 5.78 Å². The molecule has 0 aliphatic heterocycles. The third-order valence-corrected chi connectivity index (χ3v) is 3.15. The number of halogens is 1. The SMILES string of the molecule is CC(C)=C(C(=O)c1ccc(Cl)cc1)c1ccccc1. The molecule has 0 unspecified atom stereocenters. The first kappa shape index (κ1) is 13.6. The van der Waals surface area contributed by atoms with Crippen LogP contribution in [0.5, 0.6) is 0 Å². The van der Waals surface area contributed by atoms with Gasteiger partial charge in [0.1, 0.15) is 0 Å². The molecule has 0 spiro atoms. The molecule has 2 rings (SSSR count). The van der Waals surface area contributed by atoms with Crippen LogP contribution in [0, 0.1) is 0 Å². The first-order valence-corrected chi connectivity index (χ1v) is 6.50. The summed E-state index contributed by atoms with van der Waals surface area (Å²) in [6, 6.07) is 16.7.